The maximum Gasteiger partial charge on any atom is 0.00510 e. The summed E-state index contributed by atoms with van der Waals surface area (Å²) in [6.45, 7) is 6.33. The summed E-state index contributed by atoms with van der Waals surface area (Å²) < 4.78 is 0. The highest BCUT2D eigenvalue weighted by atomic mass is 14.6. The molecule has 2 N–H and O–H groups in total. The molecule has 0 aliphatic carbocycles. The molecular formula is C14H21N. The molecule has 0 heterocycles. The zero-order valence-electron chi connectivity index (χ0n) is 9.96. The third-order valence-corrected chi connectivity index (χ3v) is 2.63. The minimum Gasteiger partial charge on any atom is -0.328 e. The van der Waals surface area contributed by atoms with E-state index in [-0.39, 0.29) is 6.04 Å². The molecule has 1 nitrogen and oxygen atoms in total. The smallest absolute Gasteiger partial charge is 0.00510 e. The summed E-state index contributed by atoms with van der Waals surface area (Å²) >= 11 is 0. The van der Waals surface area contributed by atoms with Gasteiger partial charge >= 0.3 is 0 Å². The molecule has 1 heteroatoms. The Labute approximate surface area is 93.0 Å². The van der Waals surface area contributed by atoms with Gasteiger partial charge in [-0.1, -0.05) is 37.3 Å². The van der Waals surface area contributed by atoms with Crippen molar-refractivity contribution in [3.05, 3.63) is 41.5 Å². The average molecular weight is 203 g/mol. The Bertz CT molecular complexity index is 337. The zero-order valence-corrected chi connectivity index (χ0v) is 9.96. The summed E-state index contributed by atoms with van der Waals surface area (Å²) in [5, 5.41) is 0. The minimum atomic E-state index is 0.223. The van der Waals surface area contributed by atoms with E-state index in [1.165, 1.54) is 16.7 Å². The maximum atomic E-state index is 5.86. The van der Waals surface area contributed by atoms with E-state index in [9.17, 15) is 0 Å². The van der Waals surface area contributed by atoms with E-state index in [2.05, 4.69) is 51.1 Å². The van der Waals surface area contributed by atoms with Crippen LogP contribution >= 0.6 is 0 Å². The molecule has 82 valence electrons. The Balaban J connectivity index is 3.02. The average Bonchev–Trinajstić information content (AvgIpc) is 2.25. The fraction of sp³-hybridized carbons (Fsp3) is 0.429. The molecule has 1 rings (SSSR count). The molecule has 0 aliphatic rings. The van der Waals surface area contributed by atoms with E-state index in [0.29, 0.717) is 0 Å². The number of hydrogen-bond donors (Lipinski definition) is 1. The Kier molecular flexibility index (Phi) is 4.57. The largest absolute Gasteiger partial charge is 0.328 e. The maximum absolute atomic E-state index is 5.86. The van der Waals surface area contributed by atoms with Crippen molar-refractivity contribution in [2.45, 2.75) is 39.7 Å². The van der Waals surface area contributed by atoms with Crippen molar-refractivity contribution in [2.24, 2.45) is 5.73 Å². The molecule has 0 aromatic heterocycles. The molecule has 0 spiro atoms. The van der Waals surface area contributed by atoms with Gasteiger partial charge in [-0.05, 0) is 43.4 Å². The van der Waals surface area contributed by atoms with Crippen molar-refractivity contribution in [3.8, 4) is 0 Å². The predicted octanol–water partition coefficient (Wildman–Crippen LogP) is 3.39. The Hall–Kier alpha value is -1.08. The predicted molar refractivity (Wildman–Crippen MR) is 67.7 cm³/mol. The van der Waals surface area contributed by atoms with E-state index in [1.807, 2.05) is 0 Å². The zero-order chi connectivity index (χ0) is 11.3. The van der Waals surface area contributed by atoms with Crippen molar-refractivity contribution in [1.29, 1.82) is 0 Å². The molecular weight excluding hydrogens is 182 g/mol. The molecule has 1 aromatic carbocycles. The molecule has 0 saturated heterocycles. The summed E-state index contributed by atoms with van der Waals surface area (Å²) in [6.07, 6.45) is 4.21. The van der Waals surface area contributed by atoms with Crippen LogP contribution in [-0.4, -0.2) is 6.04 Å². The van der Waals surface area contributed by atoms with E-state index >= 15 is 0 Å². The second-order valence-electron chi connectivity index (χ2n) is 4.01. The fourth-order valence-corrected chi connectivity index (χ4v) is 1.87. The van der Waals surface area contributed by atoms with E-state index in [0.717, 1.165) is 12.8 Å². The SMILES string of the molecule is C/C=C(/CC(C)N)c1ccccc1CC. The van der Waals surface area contributed by atoms with Crippen LogP contribution in [0, 0.1) is 0 Å². The van der Waals surface area contributed by atoms with Crippen LogP contribution < -0.4 is 5.73 Å². The van der Waals surface area contributed by atoms with Gasteiger partial charge in [-0.25, -0.2) is 0 Å². The van der Waals surface area contributed by atoms with Gasteiger partial charge in [0.2, 0.25) is 0 Å². The monoisotopic (exact) mass is 203 g/mol. The van der Waals surface area contributed by atoms with Gasteiger partial charge < -0.3 is 5.73 Å². The number of allylic oxidation sites excluding steroid dienone is 1. The van der Waals surface area contributed by atoms with E-state index in [4.69, 9.17) is 5.73 Å². The lowest BCUT2D eigenvalue weighted by Crippen LogP contribution is -2.15. The summed E-state index contributed by atoms with van der Waals surface area (Å²) in [5.41, 5.74) is 9.99. The van der Waals surface area contributed by atoms with Gasteiger partial charge in [-0.2, -0.15) is 0 Å². The number of rotatable bonds is 4. The van der Waals surface area contributed by atoms with Gasteiger partial charge in [0, 0.05) is 6.04 Å². The van der Waals surface area contributed by atoms with Crippen molar-refractivity contribution in [2.75, 3.05) is 0 Å². The van der Waals surface area contributed by atoms with Gasteiger partial charge in [0.25, 0.3) is 0 Å². The van der Waals surface area contributed by atoms with Crippen LogP contribution in [0.4, 0.5) is 0 Å². The second-order valence-corrected chi connectivity index (χ2v) is 4.01. The first-order valence-corrected chi connectivity index (χ1v) is 5.68. The fourth-order valence-electron chi connectivity index (χ4n) is 1.87. The van der Waals surface area contributed by atoms with Crippen molar-refractivity contribution in [1.82, 2.24) is 0 Å². The Morgan fingerprint density at radius 2 is 2.07 bits per heavy atom. The lowest BCUT2D eigenvalue weighted by molar-refractivity contribution is 0.766. The van der Waals surface area contributed by atoms with E-state index < -0.39 is 0 Å². The highest BCUT2D eigenvalue weighted by Gasteiger charge is 2.06. The van der Waals surface area contributed by atoms with Gasteiger partial charge in [0.05, 0.1) is 0 Å². The molecule has 0 radical (unpaired) electrons. The van der Waals surface area contributed by atoms with Crippen LogP contribution in [0.2, 0.25) is 0 Å². The van der Waals surface area contributed by atoms with Gasteiger partial charge in [0.1, 0.15) is 0 Å². The van der Waals surface area contributed by atoms with Crippen LogP contribution in [0.15, 0.2) is 30.3 Å². The van der Waals surface area contributed by atoms with Crippen LogP contribution in [0.3, 0.4) is 0 Å². The highest BCUT2D eigenvalue weighted by Crippen LogP contribution is 2.23. The third-order valence-electron chi connectivity index (χ3n) is 2.63. The molecule has 0 bridgehead atoms. The number of hydrogen-bond acceptors (Lipinski definition) is 1. The van der Waals surface area contributed by atoms with Gasteiger partial charge in [0.15, 0.2) is 0 Å². The summed E-state index contributed by atoms with van der Waals surface area (Å²) in [5.74, 6) is 0. The number of benzene rings is 1. The topological polar surface area (TPSA) is 26.0 Å². The Morgan fingerprint density at radius 1 is 1.40 bits per heavy atom. The summed E-state index contributed by atoms with van der Waals surface area (Å²) in [7, 11) is 0. The van der Waals surface area contributed by atoms with Crippen molar-refractivity contribution in [3.63, 3.8) is 0 Å². The molecule has 1 atom stereocenters. The van der Waals surface area contributed by atoms with Crippen molar-refractivity contribution < 1.29 is 0 Å². The molecule has 0 amide bonds. The van der Waals surface area contributed by atoms with E-state index in [1.54, 1.807) is 0 Å². The first-order chi connectivity index (χ1) is 7.19. The van der Waals surface area contributed by atoms with Crippen molar-refractivity contribution >= 4 is 5.57 Å². The lowest BCUT2D eigenvalue weighted by atomic mass is 9.94. The van der Waals surface area contributed by atoms with Crippen LogP contribution in [0.1, 0.15) is 38.3 Å². The summed E-state index contributed by atoms with van der Waals surface area (Å²) in [4.78, 5) is 0. The van der Waals surface area contributed by atoms with Crippen LogP contribution in [-0.2, 0) is 6.42 Å². The molecule has 0 fully saturated rings. The normalized spacial score (nSPS) is 14.0. The first-order valence-electron chi connectivity index (χ1n) is 5.68. The summed E-state index contributed by atoms with van der Waals surface area (Å²) in [6, 6.07) is 8.80. The quantitative estimate of drug-likeness (QED) is 0.797. The standard InChI is InChI=1S/C14H21N/c1-4-12-8-6-7-9-14(12)13(5-2)10-11(3)15/h5-9,11H,4,10,15H2,1-3H3/b13-5-. The van der Waals surface area contributed by atoms with Gasteiger partial charge in [-0.15, -0.1) is 0 Å². The second kappa shape index (κ2) is 5.72. The molecule has 0 aliphatic heterocycles. The molecule has 1 unspecified atom stereocenters. The van der Waals surface area contributed by atoms with Gasteiger partial charge in [-0.3, -0.25) is 0 Å². The van der Waals surface area contributed by atoms with Crippen LogP contribution in [0.25, 0.3) is 5.57 Å². The van der Waals surface area contributed by atoms with Crippen LogP contribution in [0.5, 0.6) is 0 Å². The third kappa shape index (κ3) is 3.21. The number of nitrogens with two attached hydrogens (primary N) is 1. The highest BCUT2D eigenvalue weighted by molar-refractivity contribution is 5.68. The molecule has 0 saturated carbocycles. The Morgan fingerprint density at radius 3 is 2.60 bits per heavy atom. The number of aryl methyl sites for hydroxylation is 1. The molecule has 1 aromatic rings. The lowest BCUT2D eigenvalue weighted by Gasteiger charge is -2.13. The minimum absolute atomic E-state index is 0.223. The molecule has 15 heavy (non-hydrogen) atoms. The first kappa shape index (κ1) is 12.0.